The maximum absolute atomic E-state index is 13.8. The maximum atomic E-state index is 13.8. The van der Waals surface area contributed by atoms with Crippen LogP contribution in [0.15, 0.2) is 226 Å². The number of amides is 5. The molecule has 30 heteroatoms. The first-order valence-corrected chi connectivity index (χ1v) is 42.1. The van der Waals surface area contributed by atoms with Gasteiger partial charge in [-0.3, -0.25) is 43.2 Å². The Morgan fingerprint density at radius 2 is 0.806 bits per heavy atom. The van der Waals surface area contributed by atoms with E-state index in [4.69, 9.17) is 55.9 Å². The number of anilines is 9. The van der Waals surface area contributed by atoms with E-state index < -0.39 is 63.9 Å². The number of ketones is 3. The van der Waals surface area contributed by atoms with Gasteiger partial charge in [0.25, 0.3) is 29.5 Å². The smallest absolute Gasteiger partial charge is 0.337 e. The highest BCUT2D eigenvalue weighted by Gasteiger charge is 2.48. The number of methoxy groups -OCH3 is 2. The summed E-state index contributed by atoms with van der Waals surface area (Å²) in [5, 5.41) is 11.8. The van der Waals surface area contributed by atoms with Gasteiger partial charge >= 0.3 is 11.9 Å². The molecule has 0 bridgehead atoms. The molecule has 0 aromatic heterocycles. The topological polar surface area (TPSA) is 320 Å². The predicted molar refractivity (Wildman–Crippen MR) is 519 cm³/mol. The van der Waals surface area contributed by atoms with Crippen LogP contribution in [0.3, 0.4) is 0 Å². The number of nitrogens with zero attached hydrogens (tertiary/aromatic N) is 9. The Balaban J connectivity index is 0.000000195. The van der Waals surface area contributed by atoms with Crippen LogP contribution >= 0.6 is 46.4 Å². The van der Waals surface area contributed by atoms with Crippen LogP contribution in [-0.2, 0) is 49.5 Å². The zero-order valence-electron chi connectivity index (χ0n) is 74.9. The summed E-state index contributed by atoms with van der Waals surface area (Å²) in [6.45, 7) is 14.9. The number of aldehydes is 1. The maximum Gasteiger partial charge on any atom is 0.337 e. The van der Waals surface area contributed by atoms with Crippen molar-refractivity contribution >= 4 is 208 Å². The number of para-hydroxylation sites is 2. The summed E-state index contributed by atoms with van der Waals surface area (Å²) in [5.41, 5.74) is 10.8. The van der Waals surface area contributed by atoms with Gasteiger partial charge in [0.1, 0.15) is 0 Å². The predicted octanol–water partition coefficient (Wildman–Crippen LogP) is 19.5. The fourth-order valence-electron chi connectivity index (χ4n) is 12.7. The first-order chi connectivity index (χ1) is 61.0. The minimum Gasteiger partial charge on any atom is -0.465 e. The van der Waals surface area contributed by atoms with Crippen LogP contribution in [0.1, 0.15) is 110 Å². The van der Waals surface area contributed by atoms with E-state index in [1.54, 1.807) is 105 Å². The molecule has 10 aromatic rings. The highest BCUT2D eigenvalue weighted by molar-refractivity contribution is 6.72. The molecule has 4 N–H and O–H groups in total. The van der Waals surface area contributed by atoms with E-state index in [2.05, 4.69) is 41.2 Å². The largest absolute Gasteiger partial charge is 0.465 e. The van der Waals surface area contributed by atoms with E-state index in [1.165, 1.54) is 62.8 Å². The van der Waals surface area contributed by atoms with E-state index in [0.717, 1.165) is 56.3 Å². The Bertz CT molecular complexity index is 6130. The number of carbonyl (C=O) groups is 11. The molecule has 5 amide bonds. The van der Waals surface area contributed by atoms with Gasteiger partial charge in [0.15, 0.2) is 40.7 Å². The van der Waals surface area contributed by atoms with E-state index in [-0.39, 0.29) is 72.4 Å². The van der Waals surface area contributed by atoms with Gasteiger partial charge < -0.3 is 55.2 Å². The first kappa shape index (κ1) is 99.0. The Morgan fingerprint density at radius 3 is 1.24 bits per heavy atom. The van der Waals surface area contributed by atoms with Crippen molar-refractivity contribution in [1.29, 1.82) is 0 Å². The monoisotopic (exact) mass is 1820 g/mol. The Hall–Kier alpha value is -13.8. The van der Waals surface area contributed by atoms with Crippen LogP contribution in [0, 0.1) is 38.5 Å². The number of hydrogen-bond donors (Lipinski definition) is 4. The number of aryl methyl sites for hydroxylation is 4. The molecule has 2 aliphatic rings. The summed E-state index contributed by atoms with van der Waals surface area (Å²) < 4.78 is 9.48. The average molecular weight is 1820 g/mol. The molecule has 1 aliphatic heterocycles. The zero-order valence-corrected chi connectivity index (χ0v) is 77.9. The molecule has 0 unspecified atom stereocenters. The van der Waals surface area contributed by atoms with Crippen LogP contribution in [0.5, 0.6) is 0 Å². The van der Waals surface area contributed by atoms with E-state index >= 15 is 0 Å². The summed E-state index contributed by atoms with van der Waals surface area (Å²) >= 11 is 24.7. The van der Waals surface area contributed by atoms with Gasteiger partial charge in [-0.25, -0.2) is 29.6 Å². The van der Waals surface area contributed by atoms with Gasteiger partial charge in [0, 0.05) is 118 Å². The summed E-state index contributed by atoms with van der Waals surface area (Å²) in [7, 11) is 18.0. The number of nitrogens with one attached hydrogen (secondary N) is 4. The van der Waals surface area contributed by atoms with Gasteiger partial charge in [-0.15, -0.1) is 0 Å². The van der Waals surface area contributed by atoms with E-state index in [1.807, 2.05) is 189 Å². The molecule has 1 saturated carbocycles. The van der Waals surface area contributed by atoms with Crippen molar-refractivity contribution in [3.63, 3.8) is 0 Å². The average Bonchev–Trinajstić information content (AvgIpc) is 1.64. The third-order valence-electron chi connectivity index (χ3n) is 20.6. The summed E-state index contributed by atoms with van der Waals surface area (Å²) in [4.78, 5) is 168. The number of aliphatic imine (C=N–C) groups is 4. The minimum atomic E-state index is -0.824. The highest BCUT2D eigenvalue weighted by atomic mass is 35.5. The fourth-order valence-corrected chi connectivity index (χ4v) is 13.4. The van der Waals surface area contributed by atoms with Crippen LogP contribution < -0.4 is 45.8 Å². The summed E-state index contributed by atoms with van der Waals surface area (Å²) in [6.07, 6.45) is 2.70. The van der Waals surface area contributed by atoms with Gasteiger partial charge in [0.2, 0.25) is 5.78 Å². The van der Waals surface area contributed by atoms with Crippen molar-refractivity contribution in [2.75, 3.05) is 123 Å². The third-order valence-corrected chi connectivity index (χ3v) is 21.8. The molecule has 0 radical (unpaired) electrons. The molecular weight excluding hydrogens is 1720 g/mol. The van der Waals surface area contributed by atoms with Gasteiger partial charge in [-0.2, -0.15) is 0 Å². The van der Waals surface area contributed by atoms with Gasteiger partial charge in [-0.05, 0) is 220 Å². The van der Waals surface area contributed by atoms with Gasteiger partial charge in [-0.1, -0.05) is 135 Å². The number of fused-ring (bicyclic) bond motifs is 1. The van der Waals surface area contributed by atoms with Crippen LogP contribution in [0.4, 0.5) is 73.9 Å². The first-order valence-electron chi connectivity index (χ1n) is 40.6. The molecule has 10 aromatic carbocycles. The number of halogens is 4. The number of esters is 2. The SMILES string of the molecule is COC(=O)c1ccc(Cl)c(NC(=O)C(=Nc2ccc(N(C)C)cc2C)C(=O)C2(C)CC2)c1.COC(=O)c1ccc(Cl)c(NC(=O)C(=Nc2ccc(N(C)C)cc2C)C(=O)N2CCc3ccccc32)c1.Cc1cc(N(C)C)ccc1N=C(C(=O)Nc1cc(Cl)ccc1C=O)C(=O)C(C)(C)C.Cc1cc(N(C)C)ccc1N=C(C(=O)Nc1ccccc1Cl)C(=O)c1ccccc1. The molecule has 129 heavy (non-hydrogen) atoms. The summed E-state index contributed by atoms with van der Waals surface area (Å²) in [5.74, 6) is -5.60. The van der Waals surface area contributed by atoms with Crippen molar-refractivity contribution in [2.45, 2.75) is 74.7 Å². The fraction of sp³-hybridized carbons (Fsp3) is 0.242. The Labute approximate surface area is 770 Å². The number of Topliss-reactive ketones (excluding diaryl/α,β-unsaturated/α-hetero) is 3. The second kappa shape index (κ2) is 44.1. The van der Waals surface area contributed by atoms with Gasteiger partial charge in [0.05, 0.1) is 85.9 Å². The standard InChI is InChI=1S/C28H27ClN4O4.C24H26ClN3O4.C24H22ClN3O2.C23H26ClN3O3/c1-17-15-20(32(2)3)10-12-22(17)30-25(27(35)33-14-13-18-7-5-6-8-24(18)33)26(34)31-23-16-19(28(36)37-4)9-11-21(23)29;1-14-12-16(28(3)4)7-9-18(14)26-20(21(29)24(2)10-11-24)22(30)27-19-13-15(23(31)32-5)6-8-17(19)25;1-16-15-18(28(2)3)13-14-20(16)26-22(23(29)17-9-5-4-6-10-17)24(30)27-21-12-8-7-11-19(21)25;1-14-11-17(27(5)6)9-10-18(14)25-20(21(29)23(2,3)4)22(30)26-19-12-16(24)8-7-15(19)13-28/h5-12,15-16H,13-14H2,1-4H3,(H,31,34);6-9,12-13H,10-11H2,1-5H3,(H,27,30);4-15H,1-3H3,(H,27,30);7-13H,1-6H3,(H,26,30). The number of hydrogen-bond acceptors (Lipinski definition) is 21. The molecule has 12 rings (SSSR count). The second-order valence-corrected chi connectivity index (χ2v) is 34.0. The molecular formula is C99H101Cl4N13O13. The van der Waals surface area contributed by atoms with E-state index in [0.29, 0.717) is 76.1 Å². The highest BCUT2D eigenvalue weighted by Crippen LogP contribution is 2.47. The molecule has 0 saturated heterocycles. The van der Waals surface area contributed by atoms with Crippen LogP contribution in [0.25, 0.3) is 0 Å². The quantitative estimate of drug-likeness (QED) is 0.0136. The van der Waals surface area contributed by atoms with E-state index in [9.17, 15) is 52.7 Å². The molecule has 0 spiro atoms. The normalized spacial score (nSPS) is 12.6. The van der Waals surface area contributed by atoms with Crippen LogP contribution in [0.2, 0.25) is 20.1 Å². The molecule has 668 valence electrons. The van der Waals surface area contributed by atoms with Crippen molar-refractivity contribution in [1.82, 2.24) is 0 Å². The molecule has 1 fully saturated rings. The summed E-state index contributed by atoms with van der Waals surface area (Å²) in [6, 6.07) is 58.6. The van der Waals surface area contributed by atoms with Crippen molar-refractivity contribution < 1.29 is 62.2 Å². The zero-order chi connectivity index (χ0) is 94.6. The third kappa shape index (κ3) is 26.0. The lowest BCUT2D eigenvalue weighted by Gasteiger charge is -2.19. The van der Waals surface area contributed by atoms with Crippen molar-refractivity contribution in [3.8, 4) is 0 Å². The van der Waals surface area contributed by atoms with Crippen molar-refractivity contribution in [3.05, 3.63) is 276 Å². The lowest BCUT2D eigenvalue weighted by atomic mass is 9.87. The van der Waals surface area contributed by atoms with Crippen LogP contribution in [-0.4, -0.2) is 165 Å². The Kier molecular flexibility index (Phi) is 33.8. The number of benzene rings is 10. The number of rotatable bonds is 25. The minimum absolute atomic E-state index is 0.163. The molecule has 1 heterocycles. The lowest BCUT2D eigenvalue weighted by Crippen LogP contribution is -2.41. The second-order valence-electron chi connectivity index (χ2n) is 32.3. The number of carbonyl (C=O) groups excluding carboxylic acids is 11. The number of ether oxygens (including phenoxy) is 2. The lowest BCUT2D eigenvalue weighted by molar-refractivity contribution is -0.121. The van der Waals surface area contributed by atoms with Crippen molar-refractivity contribution in [2.24, 2.45) is 30.8 Å². The Morgan fingerprint density at radius 1 is 0.419 bits per heavy atom. The molecule has 1 aliphatic carbocycles. The molecule has 0 atom stereocenters. The molecule has 26 nitrogen and oxygen atoms in total.